The number of carboxylic acid groups (broad SMARTS) is 2. The van der Waals surface area contributed by atoms with Crippen molar-refractivity contribution in [2.75, 3.05) is 6.61 Å². The Hall–Kier alpha value is -1.69. The molecule has 28 heavy (non-hydrogen) atoms. The van der Waals surface area contributed by atoms with Crippen LogP contribution in [0.25, 0.3) is 0 Å². The van der Waals surface area contributed by atoms with Crippen LogP contribution < -0.4 is 0 Å². The topological polar surface area (TPSA) is 101 Å². The van der Waals surface area contributed by atoms with Crippen LogP contribution in [0.4, 0.5) is 0 Å². The first kappa shape index (κ1) is 22.6. The number of carbonyl (C=O) groups is 3. The van der Waals surface area contributed by atoms with Crippen molar-refractivity contribution < 1.29 is 29.3 Å². The summed E-state index contributed by atoms with van der Waals surface area (Å²) in [6, 6.07) is 0. The Kier molecular flexibility index (Phi) is 6.74. The summed E-state index contributed by atoms with van der Waals surface area (Å²) in [5.41, 5.74) is 1.25. The van der Waals surface area contributed by atoms with Crippen LogP contribution in [0, 0.1) is 28.6 Å². The minimum absolute atomic E-state index is 0.00473. The van der Waals surface area contributed by atoms with Crippen molar-refractivity contribution in [3.63, 3.8) is 0 Å². The number of ketones is 1. The molecule has 0 spiro atoms. The van der Waals surface area contributed by atoms with Gasteiger partial charge in [0.2, 0.25) is 0 Å². The highest BCUT2D eigenvalue weighted by Crippen LogP contribution is 2.60. The highest BCUT2D eigenvalue weighted by Gasteiger charge is 2.53. The van der Waals surface area contributed by atoms with Gasteiger partial charge >= 0.3 is 11.9 Å². The smallest absolute Gasteiger partial charge is 0.333 e. The van der Waals surface area contributed by atoms with Crippen LogP contribution in [-0.4, -0.2) is 40.6 Å². The third kappa shape index (κ3) is 4.48. The molecule has 0 heterocycles. The predicted molar refractivity (Wildman–Crippen MR) is 105 cm³/mol. The Bertz CT molecular complexity index is 651. The molecule has 0 amide bonds. The molecule has 2 rings (SSSR count). The SMILES string of the molecule is C=C1CC[C@H]2C(C)(C)CCC[C@]2(C)[C@H]1CO[C@H](C(=O)O)[C@H](CC(=O)O)C(C)=O. The number of fused-ring (bicyclic) bond motifs is 1. The summed E-state index contributed by atoms with van der Waals surface area (Å²) in [4.78, 5) is 34.7. The van der Waals surface area contributed by atoms with E-state index in [9.17, 15) is 19.5 Å². The first-order chi connectivity index (χ1) is 12.9. The van der Waals surface area contributed by atoms with E-state index in [2.05, 4.69) is 27.4 Å². The van der Waals surface area contributed by atoms with Gasteiger partial charge in [0, 0.05) is 5.92 Å². The molecule has 0 aromatic rings. The fraction of sp³-hybridized carbons (Fsp3) is 0.773. The molecule has 2 aliphatic rings. The Morgan fingerprint density at radius 1 is 1.21 bits per heavy atom. The van der Waals surface area contributed by atoms with Crippen molar-refractivity contribution in [1.29, 1.82) is 0 Å². The molecule has 6 heteroatoms. The number of rotatable bonds is 8. The maximum atomic E-state index is 11.9. The number of Topliss-reactive ketones (excluding diaryl/α,β-unsaturated/α-hetero) is 1. The molecule has 158 valence electrons. The highest BCUT2D eigenvalue weighted by atomic mass is 16.5. The fourth-order valence-electron chi connectivity index (χ4n) is 5.79. The molecule has 2 aliphatic carbocycles. The molecule has 0 aromatic heterocycles. The van der Waals surface area contributed by atoms with E-state index in [1.807, 2.05) is 0 Å². The van der Waals surface area contributed by atoms with Gasteiger partial charge in [0.1, 0.15) is 5.78 Å². The van der Waals surface area contributed by atoms with Crippen molar-refractivity contribution >= 4 is 17.7 Å². The van der Waals surface area contributed by atoms with Crippen LogP contribution in [0.3, 0.4) is 0 Å². The van der Waals surface area contributed by atoms with Crippen LogP contribution in [0.15, 0.2) is 12.2 Å². The lowest BCUT2D eigenvalue weighted by Crippen LogP contribution is -2.51. The van der Waals surface area contributed by atoms with Crippen molar-refractivity contribution in [1.82, 2.24) is 0 Å². The third-order valence-corrected chi connectivity index (χ3v) is 7.29. The quantitative estimate of drug-likeness (QED) is 0.605. The predicted octanol–water partition coefficient (Wildman–Crippen LogP) is 3.93. The average molecular weight is 395 g/mol. The van der Waals surface area contributed by atoms with E-state index in [4.69, 9.17) is 9.84 Å². The summed E-state index contributed by atoms with van der Waals surface area (Å²) >= 11 is 0. The van der Waals surface area contributed by atoms with Gasteiger partial charge in [0.15, 0.2) is 6.10 Å². The van der Waals surface area contributed by atoms with E-state index >= 15 is 0 Å². The average Bonchev–Trinajstić information content (AvgIpc) is 2.54. The third-order valence-electron chi connectivity index (χ3n) is 7.29. The van der Waals surface area contributed by atoms with Gasteiger partial charge < -0.3 is 14.9 Å². The van der Waals surface area contributed by atoms with E-state index in [0.717, 1.165) is 31.3 Å². The van der Waals surface area contributed by atoms with Crippen LogP contribution in [0.2, 0.25) is 0 Å². The van der Waals surface area contributed by atoms with Gasteiger partial charge in [-0.15, -0.1) is 0 Å². The molecule has 0 aromatic carbocycles. The maximum Gasteiger partial charge on any atom is 0.333 e. The normalized spacial score (nSPS) is 31.5. The van der Waals surface area contributed by atoms with E-state index in [1.165, 1.54) is 13.3 Å². The van der Waals surface area contributed by atoms with Gasteiger partial charge in [0.05, 0.1) is 18.9 Å². The largest absolute Gasteiger partial charge is 0.481 e. The first-order valence-electron chi connectivity index (χ1n) is 10.1. The Labute approximate surface area is 167 Å². The molecule has 6 nitrogen and oxygen atoms in total. The van der Waals surface area contributed by atoms with Crippen molar-refractivity contribution in [3.8, 4) is 0 Å². The molecule has 0 saturated heterocycles. The van der Waals surface area contributed by atoms with E-state index in [1.54, 1.807) is 0 Å². The molecular formula is C22H34O6. The van der Waals surface area contributed by atoms with E-state index in [0.29, 0.717) is 5.92 Å². The van der Waals surface area contributed by atoms with Gasteiger partial charge in [-0.05, 0) is 49.4 Å². The first-order valence-corrected chi connectivity index (χ1v) is 10.1. The molecule has 2 saturated carbocycles. The minimum Gasteiger partial charge on any atom is -0.481 e. The summed E-state index contributed by atoms with van der Waals surface area (Å²) in [6.45, 7) is 12.5. The Balaban J connectivity index is 2.23. The van der Waals surface area contributed by atoms with Crippen molar-refractivity contribution in [3.05, 3.63) is 12.2 Å². The number of carboxylic acids is 2. The number of ether oxygens (including phenoxy) is 1. The second-order valence-electron chi connectivity index (χ2n) is 9.56. The zero-order valence-electron chi connectivity index (χ0n) is 17.5. The zero-order valence-corrected chi connectivity index (χ0v) is 17.5. The van der Waals surface area contributed by atoms with Crippen molar-refractivity contribution in [2.45, 2.75) is 72.3 Å². The second kappa shape index (κ2) is 8.36. The van der Waals surface area contributed by atoms with Crippen LogP contribution in [-0.2, 0) is 19.1 Å². The summed E-state index contributed by atoms with van der Waals surface area (Å²) in [5, 5.41) is 18.6. The summed E-state index contributed by atoms with van der Waals surface area (Å²) in [5.74, 6) is -3.69. The molecule has 0 radical (unpaired) electrons. The van der Waals surface area contributed by atoms with Gasteiger partial charge in [-0.2, -0.15) is 0 Å². The van der Waals surface area contributed by atoms with Gasteiger partial charge in [-0.1, -0.05) is 39.3 Å². The number of hydrogen-bond donors (Lipinski definition) is 2. The van der Waals surface area contributed by atoms with Crippen LogP contribution in [0.5, 0.6) is 0 Å². The molecule has 5 atom stereocenters. The highest BCUT2D eigenvalue weighted by molar-refractivity contribution is 5.88. The molecule has 0 aliphatic heterocycles. The second-order valence-corrected chi connectivity index (χ2v) is 9.56. The summed E-state index contributed by atoms with van der Waals surface area (Å²) in [7, 11) is 0. The molecule has 2 N–H and O–H groups in total. The minimum atomic E-state index is -1.46. The van der Waals surface area contributed by atoms with E-state index in [-0.39, 0.29) is 23.4 Å². The van der Waals surface area contributed by atoms with Gasteiger partial charge in [0.25, 0.3) is 0 Å². The van der Waals surface area contributed by atoms with Gasteiger partial charge in [-0.25, -0.2) is 4.79 Å². The van der Waals surface area contributed by atoms with Crippen LogP contribution in [0.1, 0.15) is 66.2 Å². The number of aliphatic carboxylic acids is 2. The summed E-state index contributed by atoms with van der Waals surface area (Å²) in [6.07, 6.45) is 3.29. The molecule has 0 unspecified atom stereocenters. The van der Waals surface area contributed by atoms with Crippen LogP contribution >= 0.6 is 0 Å². The zero-order chi connectivity index (χ0) is 21.3. The lowest BCUT2D eigenvalue weighted by Gasteiger charge is -2.58. The van der Waals surface area contributed by atoms with Crippen molar-refractivity contribution in [2.24, 2.45) is 28.6 Å². The Morgan fingerprint density at radius 3 is 2.39 bits per heavy atom. The monoisotopic (exact) mass is 394 g/mol. The van der Waals surface area contributed by atoms with Gasteiger partial charge in [-0.3, -0.25) is 9.59 Å². The lowest BCUT2D eigenvalue weighted by atomic mass is 9.48. The maximum absolute atomic E-state index is 11.9. The summed E-state index contributed by atoms with van der Waals surface area (Å²) < 4.78 is 5.78. The lowest BCUT2D eigenvalue weighted by molar-refractivity contribution is -0.164. The standard InChI is InChI=1S/C22H34O6/c1-13-7-8-17-21(3,4)9-6-10-22(17,5)16(13)12-28-19(20(26)27)15(14(2)23)11-18(24)25/h15-17,19H,1,6-12H2,2-5H3,(H,24,25)(H,26,27)/t15-,16+,17+,19+,22-/m1/s1. The molecule has 2 fully saturated rings. The Morgan fingerprint density at radius 2 is 1.86 bits per heavy atom. The van der Waals surface area contributed by atoms with E-state index < -0.39 is 36.2 Å². The molecular weight excluding hydrogens is 360 g/mol. The molecule has 0 bridgehead atoms. The number of hydrogen-bond acceptors (Lipinski definition) is 4. The number of carbonyl (C=O) groups excluding carboxylic acids is 1. The fourth-order valence-corrected chi connectivity index (χ4v) is 5.79.